The molecule has 38 valence electrons. The molecule has 0 saturated carbocycles. The number of methoxy groups -OCH3 is 1. The predicted molar refractivity (Wildman–Crippen MR) is 21.1 cm³/mol. The van der Waals surface area contributed by atoms with Gasteiger partial charge >= 0.3 is 18.9 Å². The van der Waals surface area contributed by atoms with Crippen LogP contribution in [-0.4, -0.2) is 13.4 Å². The Kier molecular flexibility index (Phi) is 9.77. The molecule has 0 radical (unpaired) electrons. The molecule has 0 rings (SSSR count). The van der Waals surface area contributed by atoms with Gasteiger partial charge in [-0.1, -0.05) is 6.92 Å². The molecule has 0 heterocycles. The van der Waals surface area contributed by atoms with Crippen molar-refractivity contribution in [3.05, 3.63) is 0 Å². The van der Waals surface area contributed by atoms with Crippen LogP contribution in [0, 0.1) is 0 Å². The second-order valence-corrected chi connectivity index (χ2v) is 1.07. The summed E-state index contributed by atoms with van der Waals surface area (Å²) in [5.41, 5.74) is 0. The fourth-order valence-corrected chi connectivity index (χ4v) is 0.167. The first-order valence-electron chi connectivity index (χ1n) is 2.00. The van der Waals surface area contributed by atoms with Crippen molar-refractivity contribution in [3.8, 4) is 0 Å². The normalized spacial score (nSPS) is 12.4. The van der Waals surface area contributed by atoms with Crippen LogP contribution >= 0.6 is 0 Å². The van der Waals surface area contributed by atoms with Crippen molar-refractivity contribution in [2.45, 2.75) is 19.6 Å². The van der Waals surface area contributed by atoms with Crippen LogP contribution in [0.2, 0.25) is 0 Å². The molecule has 2 nitrogen and oxygen atoms in total. The number of rotatable bonds is 2. The van der Waals surface area contributed by atoms with Crippen LogP contribution in [0.15, 0.2) is 0 Å². The van der Waals surface area contributed by atoms with E-state index in [-0.39, 0.29) is 18.9 Å². The summed E-state index contributed by atoms with van der Waals surface area (Å²) in [5, 5.41) is 10.0. The quantitative estimate of drug-likeness (QED) is 0.267. The van der Waals surface area contributed by atoms with Gasteiger partial charge < -0.3 is 9.84 Å². The van der Waals surface area contributed by atoms with Gasteiger partial charge in [0.25, 0.3) is 0 Å². The van der Waals surface area contributed by atoms with E-state index in [1.165, 1.54) is 7.11 Å². The zero-order valence-electron chi connectivity index (χ0n) is 5.10. The molecule has 0 aromatic heterocycles. The van der Waals surface area contributed by atoms with Crippen molar-refractivity contribution in [3.63, 3.8) is 0 Å². The number of hydrogen-bond acceptors (Lipinski definition) is 2. The molecule has 0 aromatic carbocycles. The Morgan fingerprint density at radius 3 is 2.14 bits per heavy atom. The van der Waals surface area contributed by atoms with Crippen molar-refractivity contribution < 1.29 is 28.7 Å². The number of ether oxygens (including phenoxy) is 1. The van der Waals surface area contributed by atoms with Crippen LogP contribution < -0.4 is 24.0 Å². The Hall–Kier alpha value is 0.517. The third kappa shape index (κ3) is 6.52. The van der Waals surface area contributed by atoms with E-state index in [1.807, 2.05) is 0 Å². The van der Waals surface area contributed by atoms with Crippen molar-refractivity contribution in [2.24, 2.45) is 0 Å². The first-order valence-corrected chi connectivity index (χ1v) is 2.00. The van der Waals surface area contributed by atoms with E-state index in [0.29, 0.717) is 6.42 Å². The van der Waals surface area contributed by atoms with Crippen LogP contribution in [0.4, 0.5) is 0 Å². The minimum absolute atomic E-state index is 0. The van der Waals surface area contributed by atoms with E-state index >= 15 is 0 Å². The fourth-order valence-electron chi connectivity index (χ4n) is 0.167. The maximum atomic E-state index is 10.0. The van der Waals surface area contributed by atoms with E-state index in [9.17, 15) is 5.11 Å². The van der Waals surface area contributed by atoms with Crippen molar-refractivity contribution >= 4 is 0 Å². The molecular formula is C4H9LiO2. The largest absolute Gasteiger partial charge is 1.00 e. The molecule has 0 fully saturated rings. The fraction of sp³-hybridized carbons (Fsp3) is 1.00. The van der Waals surface area contributed by atoms with Crippen LogP contribution in [0.1, 0.15) is 13.3 Å². The summed E-state index contributed by atoms with van der Waals surface area (Å²) in [7, 11) is 1.42. The third-order valence-corrected chi connectivity index (χ3v) is 0.596. The smallest absolute Gasteiger partial charge is 0.831 e. The van der Waals surface area contributed by atoms with Gasteiger partial charge in [0.15, 0.2) is 0 Å². The summed E-state index contributed by atoms with van der Waals surface area (Å²) in [6, 6.07) is 0. The molecule has 0 N–H and O–H groups in total. The van der Waals surface area contributed by atoms with E-state index in [0.717, 1.165) is 0 Å². The minimum Gasteiger partial charge on any atom is -0.831 e. The summed E-state index contributed by atoms with van der Waals surface area (Å²) in [6.45, 7) is 1.79. The molecule has 3 heteroatoms. The molecule has 0 aromatic rings. The molecule has 1 atom stereocenters. The van der Waals surface area contributed by atoms with Gasteiger partial charge in [-0.05, 0) is 12.7 Å². The predicted octanol–water partition coefficient (Wildman–Crippen LogP) is -3.27. The van der Waals surface area contributed by atoms with Crippen LogP contribution in [0.3, 0.4) is 0 Å². The second kappa shape index (κ2) is 6.52. The average Bonchev–Trinajstić information content (AvgIpc) is 1.65. The Balaban J connectivity index is 0. The third-order valence-electron chi connectivity index (χ3n) is 0.596. The van der Waals surface area contributed by atoms with Gasteiger partial charge in [0.1, 0.15) is 0 Å². The van der Waals surface area contributed by atoms with Gasteiger partial charge in [0.05, 0.1) is 0 Å². The van der Waals surface area contributed by atoms with E-state index in [1.54, 1.807) is 6.92 Å². The van der Waals surface area contributed by atoms with E-state index in [4.69, 9.17) is 0 Å². The molecule has 0 aliphatic rings. The van der Waals surface area contributed by atoms with Gasteiger partial charge in [-0.3, -0.25) is 0 Å². The SMILES string of the molecule is CCC([O-])OC.[Li+]. The van der Waals surface area contributed by atoms with Gasteiger partial charge in [-0.15, -0.1) is 0 Å². The summed E-state index contributed by atoms with van der Waals surface area (Å²) in [4.78, 5) is 0. The average molecular weight is 96.1 g/mol. The maximum Gasteiger partial charge on any atom is 1.00 e. The maximum absolute atomic E-state index is 10.0. The molecule has 0 saturated heterocycles. The standard InChI is InChI=1S/C4H9O2.Li/c1-3-4(5)6-2;/h4H,3H2,1-2H3;/q-1;+1. The zero-order valence-corrected chi connectivity index (χ0v) is 5.10. The monoisotopic (exact) mass is 96.1 g/mol. The van der Waals surface area contributed by atoms with Crippen LogP contribution in [0.5, 0.6) is 0 Å². The Morgan fingerprint density at radius 2 is 2.14 bits per heavy atom. The van der Waals surface area contributed by atoms with Gasteiger partial charge in [-0.25, -0.2) is 0 Å². The van der Waals surface area contributed by atoms with Gasteiger partial charge in [0, 0.05) is 7.11 Å². The second-order valence-electron chi connectivity index (χ2n) is 1.07. The van der Waals surface area contributed by atoms with Crippen molar-refractivity contribution in [1.29, 1.82) is 0 Å². The van der Waals surface area contributed by atoms with Crippen molar-refractivity contribution in [1.82, 2.24) is 0 Å². The minimum atomic E-state index is -0.815. The molecule has 0 aliphatic carbocycles. The Morgan fingerprint density at radius 1 is 1.71 bits per heavy atom. The summed E-state index contributed by atoms with van der Waals surface area (Å²) in [5.74, 6) is 0. The summed E-state index contributed by atoms with van der Waals surface area (Å²) < 4.78 is 4.34. The summed E-state index contributed by atoms with van der Waals surface area (Å²) >= 11 is 0. The topological polar surface area (TPSA) is 32.3 Å². The Bertz CT molecular complexity index is 28.9. The molecule has 7 heavy (non-hydrogen) atoms. The van der Waals surface area contributed by atoms with Gasteiger partial charge in [0.2, 0.25) is 0 Å². The van der Waals surface area contributed by atoms with Crippen LogP contribution in [0.25, 0.3) is 0 Å². The summed E-state index contributed by atoms with van der Waals surface area (Å²) in [6.07, 6.45) is -0.263. The van der Waals surface area contributed by atoms with Crippen molar-refractivity contribution in [2.75, 3.05) is 7.11 Å². The van der Waals surface area contributed by atoms with Gasteiger partial charge in [-0.2, -0.15) is 0 Å². The molecule has 0 amide bonds. The Labute approximate surface area is 56.0 Å². The first-order chi connectivity index (χ1) is 2.81. The zero-order chi connectivity index (χ0) is 4.99. The molecule has 0 bridgehead atoms. The van der Waals surface area contributed by atoms with E-state index in [2.05, 4.69) is 4.74 Å². The molecule has 0 aliphatic heterocycles. The molecular weight excluding hydrogens is 87.0 g/mol. The molecule has 1 unspecified atom stereocenters. The number of hydrogen-bond donors (Lipinski definition) is 0. The molecule has 0 spiro atoms. The van der Waals surface area contributed by atoms with E-state index < -0.39 is 6.29 Å². The van der Waals surface area contributed by atoms with Crippen LogP contribution in [-0.2, 0) is 4.74 Å². The first kappa shape index (κ1) is 10.5.